The van der Waals surface area contributed by atoms with Gasteiger partial charge in [-0.05, 0) is 12.5 Å². The van der Waals surface area contributed by atoms with Gasteiger partial charge in [0.2, 0.25) is 5.91 Å². The SMILES string of the molecule is COc1ccccc1CN(C)C(=O)C1CC1N. The van der Waals surface area contributed by atoms with Gasteiger partial charge in [0.15, 0.2) is 0 Å². The van der Waals surface area contributed by atoms with E-state index in [1.54, 1.807) is 19.1 Å². The number of carbonyl (C=O) groups is 1. The third kappa shape index (κ3) is 2.58. The first-order valence-corrected chi connectivity index (χ1v) is 5.76. The molecule has 0 bridgehead atoms. The molecule has 0 spiro atoms. The van der Waals surface area contributed by atoms with Gasteiger partial charge in [-0.2, -0.15) is 0 Å². The molecule has 0 aliphatic heterocycles. The van der Waals surface area contributed by atoms with Crippen LogP contribution in [0.25, 0.3) is 0 Å². The molecule has 17 heavy (non-hydrogen) atoms. The number of ether oxygens (including phenoxy) is 1. The van der Waals surface area contributed by atoms with Gasteiger partial charge < -0.3 is 15.4 Å². The quantitative estimate of drug-likeness (QED) is 0.845. The van der Waals surface area contributed by atoms with Crippen LogP contribution in [-0.4, -0.2) is 31.0 Å². The van der Waals surface area contributed by atoms with Crippen molar-refractivity contribution in [1.82, 2.24) is 4.90 Å². The molecule has 1 amide bonds. The average Bonchev–Trinajstić information content (AvgIpc) is 3.06. The summed E-state index contributed by atoms with van der Waals surface area (Å²) in [7, 11) is 3.44. The fraction of sp³-hybridized carbons (Fsp3) is 0.462. The minimum absolute atomic E-state index is 0.0229. The molecule has 2 rings (SSSR count). The molecule has 1 aromatic carbocycles. The second-order valence-corrected chi connectivity index (χ2v) is 4.51. The molecule has 0 aromatic heterocycles. The van der Waals surface area contributed by atoms with E-state index < -0.39 is 0 Å². The van der Waals surface area contributed by atoms with Crippen LogP contribution in [0.2, 0.25) is 0 Å². The van der Waals surface area contributed by atoms with Crippen molar-refractivity contribution in [2.24, 2.45) is 11.7 Å². The molecule has 1 aromatic rings. The molecular formula is C13H18N2O2. The maximum atomic E-state index is 11.9. The maximum Gasteiger partial charge on any atom is 0.227 e. The molecule has 1 aliphatic carbocycles. The normalized spacial score (nSPS) is 22.1. The van der Waals surface area contributed by atoms with Crippen LogP contribution in [0, 0.1) is 5.92 Å². The summed E-state index contributed by atoms with van der Waals surface area (Å²) in [6.07, 6.45) is 0.815. The summed E-state index contributed by atoms with van der Waals surface area (Å²) in [6, 6.07) is 7.79. The summed E-state index contributed by atoms with van der Waals surface area (Å²) in [5.74, 6) is 0.963. The van der Waals surface area contributed by atoms with Crippen LogP contribution in [0.1, 0.15) is 12.0 Å². The summed E-state index contributed by atoms with van der Waals surface area (Å²) < 4.78 is 5.26. The Hall–Kier alpha value is -1.55. The Morgan fingerprint density at radius 1 is 1.53 bits per heavy atom. The summed E-state index contributed by atoms with van der Waals surface area (Å²) in [6.45, 7) is 0.562. The van der Waals surface area contributed by atoms with E-state index in [0.29, 0.717) is 6.54 Å². The van der Waals surface area contributed by atoms with E-state index in [1.807, 2.05) is 24.3 Å². The van der Waals surface area contributed by atoms with Gasteiger partial charge in [0.25, 0.3) is 0 Å². The summed E-state index contributed by atoms with van der Waals surface area (Å²) in [5, 5.41) is 0. The van der Waals surface area contributed by atoms with Crippen molar-refractivity contribution >= 4 is 5.91 Å². The Labute approximate surface area is 101 Å². The molecule has 0 saturated heterocycles. The second kappa shape index (κ2) is 4.75. The lowest BCUT2D eigenvalue weighted by Gasteiger charge is -2.18. The molecular weight excluding hydrogens is 216 g/mol. The van der Waals surface area contributed by atoms with Crippen LogP contribution in [-0.2, 0) is 11.3 Å². The van der Waals surface area contributed by atoms with Crippen LogP contribution in [0.5, 0.6) is 5.75 Å². The second-order valence-electron chi connectivity index (χ2n) is 4.51. The zero-order valence-corrected chi connectivity index (χ0v) is 10.2. The first-order chi connectivity index (χ1) is 8.13. The van der Waals surface area contributed by atoms with E-state index in [0.717, 1.165) is 17.7 Å². The van der Waals surface area contributed by atoms with Crippen molar-refractivity contribution in [2.75, 3.05) is 14.2 Å². The number of methoxy groups -OCH3 is 1. The number of amides is 1. The molecule has 1 fully saturated rings. The van der Waals surface area contributed by atoms with Crippen molar-refractivity contribution in [3.8, 4) is 5.75 Å². The number of benzene rings is 1. The zero-order chi connectivity index (χ0) is 12.4. The molecule has 0 radical (unpaired) electrons. The van der Waals surface area contributed by atoms with Crippen molar-refractivity contribution in [3.63, 3.8) is 0 Å². The molecule has 1 saturated carbocycles. The van der Waals surface area contributed by atoms with Gasteiger partial charge in [-0.3, -0.25) is 4.79 Å². The van der Waals surface area contributed by atoms with Gasteiger partial charge in [-0.25, -0.2) is 0 Å². The first kappa shape index (κ1) is 11.9. The molecule has 2 unspecified atom stereocenters. The van der Waals surface area contributed by atoms with Crippen LogP contribution >= 0.6 is 0 Å². The number of hydrogen-bond acceptors (Lipinski definition) is 3. The molecule has 4 heteroatoms. The lowest BCUT2D eigenvalue weighted by Crippen LogP contribution is -2.29. The Bertz CT molecular complexity index is 420. The minimum Gasteiger partial charge on any atom is -0.496 e. The number of nitrogens with two attached hydrogens (primary N) is 1. The van der Waals surface area contributed by atoms with Crippen LogP contribution in [0.15, 0.2) is 24.3 Å². The van der Waals surface area contributed by atoms with E-state index >= 15 is 0 Å². The van der Waals surface area contributed by atoms with Gasteiger partial charge >= 0.3 is 0 Å². The van der Waals surface area contributed by atoms with Crippen molar-refractivity contribution < 1.29 is 9.53 Å². The number of nitrogens with zero attached hydrogens (tertiary/aromatic N) is 1. The number of rotatable bonds is 4. The Morgan fingerprint density at radius 2 is 2.18 bits per heavy atom. The van der Waals surface area contributed by atoms with Gasteiger partial charge in [0.05, 0.1) is 13.0 Å². The summed E-state index contributed by atoms with van der Waals surface area (Å²) >= 11 is 0. The highest BCUT2D eigenvalue weighted by molar-refractivity contribution is 5.82. The molecule has 4 nitrogen and oxygen atoms in total. The van der Waals surface area contributed by atoms with Gasteiger partial charge in [0, 0.05) is 25.2 Å². The molecule has 0 heterocycles. The third-order valence-electron chi connectivity index (χ3n) is 3.13. The molecule has 2 N–H and O–H groups in total. The third-order valence-corrected chi connectivity index (χ3v) is 3.13. The lowest BCUT2D eigenvalue weighted by molar-refractivity contribution is -0.131. The Kier molecular flexibility index (Phi) is 3.33. The smallest absolute Gasteiger partial charge is 0.227 e. The highest BCUT2D eigenvalue weighted by atomic mass is 16.5. The van der Waals surface area contributed by atoms with Gasteiger partial charge in [0.1, 0.15) is 5.75 Å². The van der Waals surface area contributed by atoms with Crippen molar-refractivity contribution in [1.29, 1.82) is 0 Å². The largest absolute Gasteiger partial charge is 0.496 e. The van der Waals surface area contributed by atoms with Crippen molar-refractivity contribution in [3.05, 3.63) is 29.8 Å². The zero-order valence-electron chi connectivity index (χ0n) is 10.2. The van der Waals surface area contributed by atoms with E-state index in [9.17, 15) is 4.79 Å². The monoisotopic (exact) mass is 234 g/mol. The predicted molar refractivity (Wildman–Crippen MR) is 65.6 cm³/mol. The molecule has 2 atom stereocenters. The molecule has 92 valence electrons. The fourth-order valence-electron chi connectivity index (χ4n) is 1.95. The van der Waals surface area contributed by atoms with Crippen LogP contribution < -0.4 is 10.5 Å². The number of carbonyl (C=O) groups excluding carboxylic acids is 1. The van der Waals surface area contributed by atoms with Crippen LogP contribution in [0.3, 0.4) is 0 Å². The highest BCUT2D eigenvalue weighted by Gasteiger charge is 2.41. The Balaban J connectivity index is 2.02. The Morgan fingerprint density at radius 3 is 2.76 bits per heavy atom. The minimum atomic E-state index is 0.0229. The topological polar surface area (TPSA) is 55.6 Å². The van der Waals surface area contributed by atoms with Gasteiger partial charge in [-0.1, -0.05) is 18.2 Å². The van der Waals surface area contributed by atoms with Gasteiger partial charge in [-0.15, -0.1) is 0 Å². The van der Waals surface area contributed by atoms with Crippen LogP contribution in [0.4, 0.5) is 0 Å². The maximum absolute atomic E-state index is 11.9. The average molecular weight is 234 g/mol. The lowest BCUT2D eigenvalue weighted by atomic mass is 10.2. The van der Waals surface area contributed by atoms with E-state index in [1.165, 1.54) is 0 Å². The summed E-state index contributed by atoms with van der Waals surface area (Å²) in [5.41, 5.74) is 6.70. The van der Waals surface area contributed by atoms with E-state index in [-0.39, 0.29) is 17.9 Å². The first-order valence-electron chi connectivity index (χ1n) is 5.76. The molecule has 1 aliphatic rings. The number of para-hydroxylation sites is 1. The predicted octanol–water partition coefficient (Wildman–Crippen LogP) is 1.00. The number of hydrogen-bond donors (Lipinski definition) is 1. The van der Waals surface area contributed by atoms with E-state index in [4.69, 9.17) is 10.5 Å². The standard InChI is InChI=1S/C13H18N2O2/c1-15(13(16)10-7-11(10)14)8-9-5-3-4-6-12(9)17-2/h3-6,10-11H,7-8,14H2,1-2H3. The fourth-order valence-corrected chi connectivity index (χ4v) is 1.95. The van der Waals surface area contributed by atoms with E-state index in [2.05, 4.69) is 0 Å². The summed E-state index contributed by atoms with van der Waals surface area (Å²) in [4.78, 5) is 13.6. The highest BCUT2D eigenvalue weighted by Crippen LogP contribution is 2.30. The van der Waals surface area contributed by atoms with Crippen molar-refractivity contribution in [2.45, 2.75) is 19.0 Å².